The largest absolute Gasteiger partial charge is 0.381 e. The highest BCUT2D eigenvalue weighted by atomic mass is 79.9. The quantitative estimate of drug-likeness (QED) is 0.913. The number of halogens is 1. The average Bonchev–Trinajstić information content (AvgIpc) is 3.03. The predicted octanol–water partition coefficient (Wildman–Crippen LogP) is 2.69. The van der Waals surface area contributed by atoms with E-state index in [0.29, 0.717) is 17.0 Å². The Kier molecular flexibility index (Phi) is 3.52. The molecule has 1 aromatic heterocycles. The second kappa shape index (κ2) is 5.13. The number of ether oxygens (including phenoxy) is 1. The Balaban J connectivity index is 1.98. The first-order valence-electron chi connectivity index (χ1n) is 6.63. The molecular weight excluding hydrogens is 296 g/mol. The van der Waals surface area contributed by atoms with Crippen LogP contribution in [-0.2, 0) is 4.74 Å². The minimum absolute atomic E-state index is 0.0474. The van der Waals surface area contributed by atoms with Crippen LogP contribution in [0.4, 0.5) is 0 Å². The molecule has 2 aliphatic rings. The number of aromatic amines is 1. The molecule has 1 unspecified atom stereocenters. The number of H-pyrrole nitrogens is 1. The average molecular weight is 313 g/mol. The zero-order chi connectivity index (χ0) is 12.5. The van der Waals surface area contributed by atoms with Crippen molar-refractivity contribution < 1.29 is 4.74 Å². The second-order valence-corrected chi connectivity index (χ2v) is 5.99. The van der Waals surface area contributed by atoms with Crippen molar-refractivity contribution in [3.8, 4) is 0 Å². The van der Waals surface area contributed by atoms with Gasteiger partial charge in [-0.3, -0.25) is 4.79 Å². The summed E-state index contributed by atoms with van der Waals surface area (Å²) in [6.07, 6.45) is 5.74. The first-order chi connectivity index (χ1) is 8.75. The Labute approximate surface area is 114 Å². The molecule has 1 N–H and O–H groups in total. The van der Waals surface area contributed by atoms with E-state index in [0.717, 1.165) is 37.4 Å². The number of hydrogen-bond acceptors (Lipinski definition) is 3. The fraction of sp³-hybridized carbons (Fsp3) is 0.692. The van der Waals surface area contributed by atoms with Gasteiger partial charge in [0.15, 0.2) is 0 Å². The van der Waals surface area contributed by atoms with Crippen LogP contribution in [0.1, 0.15) is 55.5 Å². The molecule has 98 valence electrons. The molecule has 0 aromatic carbocycles. The van der Waals surface area contributed by atoms with Gasteiger partial charge in [-0.05, 0) is 35.2 Å². The lowest BCUT2D eigenvalue weighted by molar-refractivity contribution is 0.193. The van der Waals surface area contributed by atoms with Crippen LogP contribution in [-0.4, -0.2) is 23.2 Å². The maximum absolute atomic E-state index is 12.0. The molecule has 1 saturated heterocycles. The lowest BCUT2D eigenvalue weighted by Gasteiger charge is -2.14. The summed E-state index contributed by atoms with van der Waals surface area (Å²) < 4.78 is 6.00. The SMILES string of the molecule is O=c1[nH]c(C2CCOC2)nc(C2CCCC2)c1Br. The van der Waals surface area contributed by atoms with Gasteiger partial charge in [0.1, 0.15) is 10.3 Å². The Hall–Kier alpha value is -0.680. The van der Waals surface area contributed by atoms with Crippen LogP contribution >= 0.6 is 15.9 Å². The van der Waals surface area contributed by atoms with Crippen molar-refractivity contribution in [3.05, 3.63) is 26.3 Å². The van der Waals surface area contributed by atoms with E-state index < -0.39 is 0 Å². The van der Waals surface area contributed by atoms with Crippen LogP contribution in [0.25, 0.3) is 0 Å². The van der Waals surface area contributed by atoms with Crippen LogP contribution in [0.2, 0.25) is 0 Å². The molecule has 0 bridgehead atoms. The third-order valence-electron chi connectivity index (χ3n) is 3.96. The number of hydrogen-bond donors (Lipinski definition) is 1. The van der Waals surface area contributed by atoms with Crippen LogP contribution < -0.4 is 5.56 Å². The summed E-state index contributed by atoms with van der Waals surface area (Å²) in [6.45, 7) is 1.44. The molecule has 4 nitrogen and oxygen atoms in total. The number of nitrogens with one attached hydrogen (secondary N) is 1. The summed E-state index contributed by atoms with van der Waals surface area (Å²) in [4.78, 5) is 19.6. The van der Waals surface area contributed by atoms with Gasteiger partial charge >= 0.3 is 0 Å². The lowest BCUT2D eigenvalue weighted by Crippen LogP contribution is -2.19. The normalized spacial score (nSPS) is 24.8. The lowest BCUT2D eigenvalue weighted by atomic mass is 10.0. The van der Waals surface area contributed by atoms with E-state index in [1.165, 1.54) is 12.8 Å². The Bertz CT molecular complexity index is 488. The van der Waals surface area contributed by atoms with Crippen molar-refractivity contribution >= 4 is 15.9 Å². The van der Waals surface area contributed by atoms with E-state index in [2.05, 4.69) is 20.9 Å². The molecule has 1 saturated carbocycles. The summed E-state index contributed by atoms with van der Waals surface area (Å²) in [6, 6.07) is 0. The van der Waals surface area contributed by atoms with Crippen molar-refractivity contribution in [3.63, 3.8) is 0 Å². The highest BCUT2D eigenvalue weighted by molar-refractivity contribution is 9.10. The zero-order valence-corrected chi connectivity index (χ0v) is 11.8. The van der Waals surface area contributed by atoms with Gasteiger partial charge in [0.25, 0.3) is 5.56 Å². The minimum atomic E-state index is -0.0474. The first-order valence-corrected chi connectivity index (χ1v) is 7.42. The predicted molar refractivity (Wildman–Crippen MR) is 71.9 cm³/mol. The van der Waals surface area contributed by atoms with Crippen molar-refractivity contribution in [2.75, 3.05) is 13.2 Å². The number of rotatable bonds is 2. The molecular formula is C13H17BrN2O2. The Morgan fingerprint density at radius 3 is 2.67 bits per heavy atom. The summed E-state index contributed by atoms with van der Waals surface area (Å²) in [5, 5.41) is 0. The number of nitrogens with zero attached hydrogens (tertiary/aromatic N) is 1. The molecule has 2 fully saturated rings. The van der Waals surface area contributed by atoms with Crippen molar-refractivity contribution in [2.45, 2.75) is 43.9 Å². The van der Waals surface area contributed by atoms with Gasteiger partial charge in [-0.2, -0.15) is 0 Å². The third-order valence-corrected chi connectivity index (χ3v) is 4.73. The first kappa shape index (κ1) is 12.4. The van der Waals surface area contributed by atoms with Crippen molar-refractivity contribution in [1.29, 1.82) is 0 Å². The molecule has 5 heteroatoms. The van der Waals surface area contributed by atoms with E-state index in [9.17, 15) is 4.79 Å². The molecule has 1 aliphatic carbocycles. The van der Waals surface area contributed by atoms with Gasteiger partial charge in [-0.25, -0.2) is 4.98 Å². The topological polar surface area (TPSA) is 55.0 Å². The fourth-order valence-electron chi connectivity index (χ4n) is 2.91. The molecule has 1 aliphatic heterocycles. The van der Waals surface area contributed by atoms with E-state index in [1.54, 1.807) is 0 Å². The molecule has 0 spiro atoms. The van der Waals surface area contributed by atoms with Gasteiger partial charge in [-0.15, -0.1) is 0 Å². The Morgan fingerprint density at radius 1 is 1.22 bits per heavy atom. The molecule has 0 radical (unpaired) electrons. The van der Waals surface area contributed by atoms with Crippen LogP contribution in [0.3, 0.4) is 0 Å². The third kappa shape index (κ3) is 2.26. The van der Waals surface area contributed by atoms with Crippen LogP contribution in [0, 0.1) is 0 Å². The van der Waals surface area contributed by atoms with Crippen molar-refractivity contribution in [2.24, 2.45) is 0 Å². The van der Waals surface area contributed by atoms with E-state index >= 15 is 0 Å². The highest BCUT2D eigenvalue weighted by Gasteiger charge is 2.26. The second-order valence-electron chi connectivity index (χ2n) is 5.19. The fourth-order valence-corrected chi connectivity index (χ4v) is 3.42. The monoisotopic (exact) mass is 312 g/mol. The molecule has 1 aromatic rings. The number of aromatic nitrogens is 2. The van der Waals surface area contributed by atoms with E-state index in [-0.39, 0.29) is 11.5 Å². The molecule has 1 atom stereocenters. The van der Waals surface area contributed by atoms with Gasteiger partial charge in [0, 0.05) is 18.4 Å². The van der Waals surface area contributed by atoms with Gasteiger partial charge < -0.3 is 9.72 Å². The summed E-state index contributed by atoms with van der Waals surface area (Å²) in [7, 11) is 0. The smallest absolute Gasteiger partial charge is 0.265 e. The van der Waals surface area contributed by atoms with Crippen LogP contribution in [0.5, 0.6) is 0 Å². The van der Waals surface area contributed by atoms with Crippen LogP contribution in [0.15, 0.2) is 9.27 Å². The highest BCUT2D eigenvalue weighted by Crippen LogP contribution is 2.36. The van der Waals surface area contributed by atoms with Gasteiger partial charge in [-0.1, -0.05) is 12.8 Å². The summed E-state index contributed by atoms with van der Waals surface area (Å²) >= 11 is 3.40. The maximum atomic E-state index is 12.0. The molecule has 3 rings (SSSR count). The van der Waals surface area contributed by atoms with Crippen molar-refractivity contribution in [1.82, 2.24) is 9.97 Å². The van der Waals surface area contributed by atoms with E-state index in [1.807, 2.05) is 0 Å². The Morgan fingerprint density at radius 2 is 2.00 bits per heavy atom. The standard InChI is InChI=1S/C13H17BrN2O2/c14-10-11(8-3-1-2-4-8)15-12(16-13(10)17)9-5-6-18-7-9/h8-9H,1-7H2,(H,15,16,17). The van der Waals surface area contributed by atoms with Gasteiger partial charge in [0.2, 0.25) is 0 Å². The minimum Gasteiger partial charge on any atom is -0.381 e. The molecule has 2 heterocycles. The van der Waals surface area contributed by atoms with E-state index in [4.69, 9.17) is 9.72 Å². The molecule has 0 amide bonds. The summed E-state index contributed by atoms with van der Waals surface area (Å²) in [5.41, 5.74) is 0.909. The summed E-state index contributed by atoms with van der Waals surface area (Å²) in [5.74, 6) is 1.51. The van der Waals surface area contributed by atoms with Gasteiger partial charge in [0.05, 0.1) is 12.3 Å². The zero-order valence-electron chi connectivity index (χ0n) is 10.2. The molecule has 18 heavy (non-hydrogen) atoms. The maximum Gasteiger partial charge on any atom is 0.265 e.